The Bertz CT molecular complexity index is 588. The summed E-state index contributed by atoms with van der Waals surface area (Å²) >= 11 is 0. The highest BCUT2D eigenvalue weighted by Crippen LogP contribution is 2.38. The number of halogens is 2. The lowest BCUT2D eigenvalue weighted by Gasteiger charge is -2.35. The molecule has 0 amide bonds. The van der Waals surface area contributed by atoms with Crippen LogP contribution in [-0.2, 0) is 5.60 Å². The van der Waals surface area contributed by atoms with Crippen molar-refractivity contribution in [3.05, 3.63) is 71.3 Å². The Labute approximate surface area is 135 Å². The minimum atomic E-state index is -1.23. The van der Waals surface area contributed by atoms with Gasteiger partial charge in [0.05, 0.1) is 0 Å². The maximum Gasteiger partial charge on any atom is 0.123 e. The molecule has 0 spiro atoms. The van der Waals surface area contributed by atoms with E-state index in [9.17, 15) is 13.9 Å². The molecule has 2 aromatic carbocycles. The predicted octanol–water partition coefficient (Wildman–Crippen LogP) is 3.59. The van der Waals surface area contributed by atoms with Crippen molar-refractivity contribution in [2.45, 2.75) is 24.9 Å². The molecule has 1 aliphatic rings. The van der Waals surface area contributed by atoms with E-state index in [4.69, 9.17) is 0 Å². The van der Waals surface area contributed by atoms with Crippen molar-refractivity contribution in [1.82, 2.24) is 5.32 Å². The fourth-order valence-electron chi connectivity index (χ4n) is 3.36. The summed E-state index contributed by atoms with van der Waals surface area (Å²) in [6, 6.07) is 11.9. The highest BCUT2D eigenvalue weighted by molar-refractivity contribution is 5.36. The van der Waals surface area contributed by atoms with E-state index in [1.54, 1.807) is 24.3 Å². The van der Waals surface area contributed by atoms with E-state index in [-0.39, 0.29) is 11.6 Å². The lowest BCUT2D eigenvalue weighted by Crippen LogP contribution is -2.35. The summed E-state index contributed by atoms with van der Waals surface area (Å²) in [5, 5.41) is 14.7. The van der Waals surface area contributed by atoms with Gasteiger partial charge in [-0.2, -0.15) is 0 Å². The van der Waals surface area contributed by atoms with Crippen molar-refractivity contribution in [2.24, 2.45) is 5.92 Å². The standard InChI is InChI=1S/C19H21F2NO/c20-17-5-1-15(2-6-17)19(23,13-14-9-11-22-12-10-14)16-3-7-18(21)8-4-16/h1-8,14,22-23H,9-13H2. The molecule has 1 aliphatic heterocycles. The van der Waals surface area contributed by atoms with E-state index in [1.165, 1.54) is 24.3 Å². The number of hydrogen-bond donors (Lipinski definition) is 2. The van der Waals surface area contributed by atoms with E-state index in [1.807, 2.05) is 0 Å². The smallest absolute Gasteiger partial charge is 0.123 e. The molecule has 122 valence electrons. The third-order valence-corrected chi connectivity index (χ3v) is 4.69. The molecular weight excluding hydrogens is 296 g/mol. The van der Waals surface area contributed by atoms with Gasteiger partial charge in [-0.25, -0.2) is 8.78 Å². The van der Waals surface area contributed by atoms with Crippen LogP contribution in [-0.4, -0.2) is 18.2 Å². The molecule has 2 N–H and O–H groups in total. The van der Waals surface area contributed by atoms with Gasteiger partial charge in [0.2, 0.25) is 0 Å². The molecule has 0 atom stereocenters. The molecule has 0 radical (unpaired) electrons. The van der Waals surface area contributed by atoms with Gasteiger partial charge in [-0.15, -0.1) is 0 Å². The fraction of sp³-hybridized carbons (Fsp3) is 0.368. The SMILES string of the molecule is OC(CC1CCNCC1)(c1ccc(F)cc1)c1ccc(F)cc1. The Balaban J connectivity index is 1.97. The van der Waals surface area contributed by atoms with Gasteiger partial charge in [0.25, 0.3) is 0 Å². The molecule has 0 saturated carbocycles. The fourth-order valence-corrected chi connectivity index (χ4v) is 3.36. The molecule has 4 heteroatoms. The lowest BCUT2D eigenvalue weighted by atomic mass is 9.77. The molecule has 1 saturated heterocycles. The highest BCUT2D eigenvalue weighted by atomic mass is 19.1. The van der Waals surface area contributed by atoms with Crippen molar-refractivity contribution in [3.8, 4) is 0 Å². The van der Waals surface area contributed by atoms with E-state index in [0.717, 1.165) is 25.9 Å². The second kappa shape index (κ2) is 6.77. The van der Waals surface area contributed by atoms with Gasteiger partial charge in [0.15, 0.2) is 0 Å². The summed E-state index contributed by atoms with van der Waals surface area (Å²) in [6.07, 6.45) is 2.53. The van der Waals surface area contributed by atoms with Crippen LogP contribution in [0.1, 0.15) is 30.4 Å². The Morgan fingerprint density at radius 3 is 1.74 bits per heavy atom. The van der Waals surface area contributed by atoms with Crippen LogP contribution in [0.2, 0.25) is 0 Å². The minimum absolute atomic E-state index is 0.336. The number of rotatable bonds is 4. The average Bonchev–Trinajstić information content (AvgIpc) is 2.57. The van der Waals surface area contributed by atoms with Crippen LogP contribution in [0.25, 0.3) is 0 Å². The number of benzene rings is 2. The molecule has 3 rings (SSSR count). The first kappa shape index (κ1) is 16.1. The maximum atomic E-state index is 13.2. The summed E-state index contributed by atoms with van der Waals surface area (Å²) in [5.74, 6) is -0.300. The second-order valence-corrected chi connectivity index (χ2v) is 6.27. The van der Waals surface area contributed by atoms with Crippen LogP contribution < -0.4 is 5.32 Å². The molecule has 2 aromatic rings. The van der Waals surface area contributed by atoms with Crippen LogP contribution in [0.4, 0.5) is 8.78 Å². The molecule has 1 fully saturated rings. The van der Waals surface area contributed by atoms with Gasteiger partial charge in [-0.1, -0.05) is 24.3 Å². The Morgan fingerprint density at radius 1 is 0.870 bits per heavy atom. The van der Waals surface area contributed by atoms with Crippen molar-refractivity contribution in [3.63, 3.8) is 0 Å². The molecule has 0 aromatic heterocycles. The summed E-state index contributed by atoms with van der Waals surface area (Å²) in [4.78, 5) is 0. The Kier molecular flexibility index (Phi) is 4.74. The molecule has 2 nitrogen and oxygen atoms in total. The zero-order valence-electron chi connectivity index (χ0n) is 12.9. The molecule has 0 unspecified atom stereocenters. The van der Waals surface area contributed by atoms with Gasteiger partial charge in [-0.05, 0) is 73.7 Å². The van der Waals surface area contributed by atoms with Crippen LogP contribution in [0.5, 0.6) is 0 Å². The summed E-state index contributed by atoms with van der Waals surface area (Å²) < 4.78 is 26.5. The number of piperidine rings is 1. The minimum Gasteiger partial charge on any atom is -0.380 e. The zero-order valence-corrected chi connectivity index (χ0v) is 12.9. The number of aliphatic hydroxyl groups is 1. The third kappa shape index (κ3) is 3.59. The van der Waals surface area contributed by atoms with Crippen LogP contribution >= 0.6 is 0 Å². The normalized spacial score (nSPS) is 16.5. The van der Waals surface area contributed by atoms with Crippen LogP contribution in [0.15, 0.2) is 48.5 Å². The first-order chi connectivity index (χ1) is 11.1. The van der Waals surface area contributed by atoms with Crippen LogP contribution in [0.3, 0.4) is 0 Å². The first-order valence-electron chi connectivity index (χ1n) is 8.03. The number of nitrogens with one attached hydrogen (secondary N) is 1. The van der Waals surface area contributed by atoms with Gasteiger partial charge in [0.1, 0.15) is 17.2 Å². The molecule has 23 heavy (non-hydrogen) atoms. The van der Waals surface area contributed by atoms with Crippen molar-refractivity contribution < 1.29 is 13.9 Å². The molecule has 0 aliphatic carbocycles. The highest BCUT2D eigenvalue weighted by Gasteiger charge is 2.35. The third-order valence-electron chi connectivity index (χ3n) is 4.69. The molecule has 0 bridgehead atoms. The van der Waals surface area contributed by atoms with Crippen molar-refractivity contribution in [2.75, 3.05) is 13.1 Å². The van der Waals surface area contributed by atoms with Crippen molar-refractivity contribution in [1.29, 1.82) is 0 Å². The summed E-state index contributed by atoms with van der Waals surface area (Å²) in [6.45, 7) is 1.88. The van der Waals surface area contributed by atoms with Crippen molar-refractivity contribution >= 4 is 0 Å². The zero-order chi connectivity index (χ0) is 16.3. The predicted molar refractivity (Wildman–Crippen MR) is 86.0 cm³/mol. The van der Waals surface area contributed by atoms with E-state index in [2.05, 4.69) is 5.32 Å². The Morgan fingerprint density at radius 2 is 1.30 bits per heavy atom. The van der Waals surface area contributed by atoms with E-state index < -0.39 is 5.60 Å². The van der Waals surface area contributed by atoms with Gasteiger partial charge in [0, 0.05) is 0 Å². The summed E-state index contributed by atoms with van der Waals surface area (Å²) in [7, 11) is 0. The largest absolute Gasteiger partial charge is 0.380 e. The number of hydrogen-bond acceptors (Lipinski definition) is 2. The Hall–Kier alpha value is -1.78. The van der Waals surface area contributed by atoms with E-state index >= 15 is 0 Å². The lowest BCUT2D eigenvalue weighted by molar-refractivity contribution is 0.0463. The van der Waals surface area contributed by atoms with E-state index in [0.29, 0.717) is 23.5 Å². The quantitative estimate of drug-likeness (QED) is 0.903. The molecule has 1 heterocycles. The maximum absolute atomic E-state index is 13.2. The van der Waals surface area contributed by atoms with Gasteiger partial charge >= 0.3 is 0 Å². The molecular formula is C19H21F2NO. The first-order valence-corrected chi connectivity index (χ1v) is 8.03. The average molecular weight is 317 g/mol. The van der Waals surface area contributed by atoms with Gasteiger partial charge < -0.3 is 10.4 Å². The second-order valence-electron chi connectivity index (χ2n) is 6.27. The monoisotopic (exact) mass is 317 g/mol. The van der Waals surface area contributed by atoms with Gasteiger partial charge in [-0.3, -0.25) is 0 Å². The summed E-state index contributed by atoms with van der Waals surface area (Å²) in [5.41, 5.74) is 0.0525. The van der Waals surface area contributed by atoms with Crippen LogP contribution in [0, 0.1) is 17.6 Å². The topological polar surface area (TPSA) is 32.3 Å².